The molecule has 1 unspecified atom stereocenters. The van der Waals surface area contributed by atoms with Gasteiger partial charge in [0.1, 0.15) is 11.9 Å². The highest BCUT2D eigenvalue weighted by Crippen LogP contribution is 2.30. The Morgan fingerprint density at radius 2 is 1.83 bits per heavy atom. The summed E-state index contributed by atoms with van der Waals surface area (Å²) in [6.07, 6.45) is 0. The largest absolute Gasteiger partial charge is 0.493 e. The van der Waals surface area contributed by atoms with E-state index < -0.39 is 11.9 Å². The molecule has 0 aliphatic heterocycles. The zero-order valence-electron chi connectivity index (χ0n) is 13.5. The van der Waals surface area contributed by atoms with Gasteiger partial charge in [-0.2, -0.15) is 0 Å². The van der Waals surface area contributed by atoms with Crippen LogP contribution in [0.4, 0.5) is 15.8 Å². The molecular formula is C17H18ClFN2O3. The molecule has 128 valence electrons. The maximum Gasteiger partial charge on any atom is 0.246 e. The fourth-order valence-corrected chi connectivity index (χ4v) is 2.23. The van der Waals surface area contributed by atoms with E-state index in [2.05, 4.69) is 10.6 Å². The second kappa shape index (κ2) is 7.88. The van der Waals surface area contributed by atoms with Gasteiger partial charge in [0.25, 0.3) is 0 Å². The van der Waals surface area contributed by atoms with E-state index in [0.717, 1.165) is 6.07 Å². The lowest BCUT2D eigenvalue weighted by Gasteiger charge is -2.17. The summed E-state index contributed by atoms with van der Waals surface area (Å²) in [6, 6.07) is 8.66. The third kappa shape index (κ3) is 4.29. The first-order chi connectivity index (χ1) is 11.4. The average Bonchev–Trinajstić information content (AvgIpc) is 2.57. The Hall–Kier alpha value is -2.47. The Labute approximate surface area is 144 Å². The number of benzene rings is 2. The number of carbonyl (C=O) groups excluding carboxylic acids is 1. The molecule has 0 aliphatic rings. The van der Waals surface area contributed by atoms with Gasteiger partial charge in [-0.15, -0.1) is 0 Å². The molecule has 0 heterocycles. The van der Waals surface area contributed by atoms with E-state index in [1.807, 2.05) is 0 Å². The fraction of sp³-hybridized carbons (Fsp3) is 0.235. The quantitative estimate of drug-likeness (QED) is 0.826. The van der Waals surface area contributed by atoms with Crippen molar-refractivity contribution in [2.75, 3.05) is 24.9 Å². The number of nitrogens with one attached hydrogen (secondary N) is 2. The van der Waals surface area contributed by atoms with Crippen LogP contribution in [-0.2, 0) is 4.79 Å². The number of carbonyl (C=O) groups is 1. The first-order valence-corrected chi connectivity index (χ1v) is 7.57. The molecule has 1 amide bonds. The standard InChI is InChI=1S/C17H18ClFN2O3/c1-10(17(22)21-14-6-4-11(18)8-13(14)19)20-12-5-7-15(23-2)16(9-12)24-3/h4-10,20H,1-3H3,(H,21,22). The topological polar surface area (TPSA) is 59.6 Å². The van der Waals surface area contributed by atoms with Crippen LogP contribution in [0.15, 0.2) is 36.4 Å². The fourth-order valence-electron chi connectivity index (χ4n) is 2.07. The predicted molar refractivity (Wildman–Crippen MR) is 92.7 cm³/mol. The lowest BCUT2D eigenvalue weighted by molar-refractivity contribution is -0.116. The zero-order valence-corrected chi connectivity index (χ0v) is 14.3. The van der Waals surface area contributed by atoms with Gasteiger partial charge in [-0.25, -0.2) is 4.39 Å². The van der Waals surface area contributed by atoms with E-state index in [0.29, 0.717) is 17.2 Å². The molecule has 0 bridgehead atoms. The van der Waals surface area contributed by atoms with E-state index in [9.17, 15) is 9.18 Å². The van der Waals surface area contributed by atoms with Gasteiger partial charge in [0, 0.05) is 16.8 Å². The van der Waals surface area contributed by atoms with Crippen molar-refractivity contribution < 1.29 is 18.7 Å². The highest BCUT2D eigenvalue weighted by molar-refractivity contribution is 6.30. The summed E-state index contributed by atoms with van der Waals surface area (Å²) in [6.45, 7) is 1.67. The predicted octanol–water partition coefficient (Wildman–Crippen LogP) is 3.94. The number of methoxy groups -OCH3 is 2. The number of anilines is 2. The minimum atomic E-state index is -0.599. The molecule has 0 radical (unpaired) electrons. The second-order valence-electron chi connectivity index (χ2n) is 5.05. The lowest BCUT2D eigenvalue weighted by atomic mass is 10.2. The van der Waals surface area contributed by atoms with Crippen molar-refractivity contribution in [3.05, 3.63) is 47.2 Å². The highest BCUT2D eigenvalue weighted by Gasteiger charge is 2.16. The number of amides is 1. The number of hydrogen-bond donors (Lipinski definition) is 2. The number of halogens is 2. The van der Waals surface area contributed by atoms with E-state index in [1.165, 1.54) is 19.2 Å². The molecule has 7 heteroatoms. The van der Waals surface area contributed by atoms with Crippen molar-refractivity contribution in [1.29, 1.82) is 0 Å². The Morgan fingerprint density at radius 1 is 1.12 bits per heavy atom. The summed E-state index contributed by atoms with van der Waals surface area (Å²) in [5.41, 5.74) is 0.747. The normalized spacial score (nSPS) is 11.5. The number of rotatable bonds is 6. The van der Waals surface area contributed by atoms with Crippen molar-refractivity contribution in [2.24, 2.45) is 0 Å². The molecule has 0 spiro atoms. The average molecular weight is 353 g/mol. The van der Waals surface area contributed by atoms with Crippen LogP contribution in [0.1, 0.15) is 6.92 Å². The Bertz CT molecular complexity index is 740. The third-order valence-corrected chi connectivity index (χ3v) is 3.58. The summed E-state index contributed by atoms with van der Waals surface area (Å²) >= 11 is 5.69. The molecule has 0 fully saturated rings. The minimum Gasteiger partial charge on any atom is -0.493 e. The summed E-state index contributed by atoms with van der Waals surface area (Å²) in [5, 5.41) is 5.81. The smallest absolute Gasteiger partial charge is 0.246 e. The zero-order chi connectivity index (χ0) is 17.7. The van der Waals surface area contributed by atoms with Crippen molar-refractivity contribution in [3.8, 4) is 11.5 Å². The third-order valence-electron chi connectivity index (χ3n) is 3.35. The SMILES string of the molecule is COc1ccc(NC(C)C(=O)Nc2ccc(Cl)cc2F)cc1OC. The van der Waals surface area contributed by atoms with E-state index in [-0.39, 0.29) is 16.6 Å². The molecular weight excluding hydrogens is 335 g/mol. The summed E-state index contributed by atoms with van der Waals surface area (Å²) < 4.78 is 24.1. The van der Waals surface area contributed by atoms with Crippen LogP contribution in [0, 0.1) is 5.82 Å². The van der Waals surface area contributed by atoms with Crippen LogP contribution in [0.3, 0.4) is 0 Å². The Kier molecular flexibility index (Phi) is 5.87. The summed E-state index contributed by atoms with van der Waals surface area (Å²) in [5.74, 6) is 0.155. The Morgan fingerprint density at radius 3 is 2.46 bits per heavy atom. The summed E-state index contributed by atoms with van der Waals surface area (Å²) in [4.78, 5) is 12.2. The van der Waals surface area contributed by atoms with E-state index in [4.69, 9.17) is 21.1 Å². The Balaban J connectivity index is 2.06. The van der Waals surface area contributed by atoms with Gasteiger partial charge < -0.3 is 20.1 Å². The molecule has 2 aromatic carbocycles. The van der Waals surface area contributed by atoms with Gasteiger partial charge in [-0.05, 0) is 37.3 Å². The van der Waals surface area contributed by atoms with Crippen LogP contribution in [0.2, 0.25) is 5.02 Å². The maximum atomic E-state index is 13.7. The van der Waals surface area contributed by atoms with Crippen molar-refractivity contribution in [3.63, 3.8) is 0 Å². The van der Waals surface area contributed by atoms with Gasteiger partial charge in [-0.3, -0.25) is 4.79 Å². The van der Waals surface area contributed by atoms with Crippen LogP contribution < -0.4 is 20.1 Å². The monoisotopic (exact) mass is 352 g/mol. The maximum absolute atomic E-state index is 13.7. The molecule has 0 saturated heterocycles. The lowest BCUT2D eigenvalue weighted by Crippen LogP contribution is -2.32. The molecule has 5 nitrogen and oxygen atoms in total. The van der Waals surface area contributed by atoms with Crippen molar-refractivity contribution in [1.82, 2.24) is 0 Å². The second-order valence-corrected chi connectivity index (χ2v) is 5.49. The van der Waals surface area contributed by atoms with Crippen molar-refractivity contribution >= 4 is 28.9 Å². The minimum absolute atomic E-state index is 0.0744. The number of hydrogen-bond acceptors (Lipinski definition) is 4. The van der Waals surface area contributed by atoms with Crippen molar-refractivity contribution in [2.45, 2.75) is 13.0 Å². The molecule has 24 heavy (non-hydrogen) atoms. The van der Waals surface area contributed by atoms with E-state index >= 15 is 0 Å². The van der Waals surface area contributed by atoms with Gasteiger partial charge in [-0.1, -0.05) is 11.6 Å². The molecule has 2 rings (SSSR count). The molecule has 0 saturated carbocycles. The summed E-state index contributed by atoms with van der Waals surface area (Å²) in [7, 11) is 3.07. The van der Waals surface area contributed by atoms with Crippen LogP contribution >= 0.6 is 11.6 Å². The van der Waals surface area contributed by atoms with Gasteiger partial charge >= 0.3 is 0 Å². The van der Waals surface area contributed by atoms with Gasteiger partial charge in [0.15, 0.2) is 11.5 Å². The first-order valence-electron chi connectivity index (χ1n) is 7.19. The molecule has 2 aromatic rings. The molecule has 2 N–H and O–H groups in total. The van der Waals surface area contributed by atoms with Gasteiger partial charge in [0.2, 0.25) is 5.91 Å². The number of ether oxygens (including phenoxy) is 2. The van der Waals surface area contributed by atoms with Crippen LogP contribution in [0.25, 0.3) is 0 Å². The van der Waals surface area contributed by atoms with E-state index in [1.54, 1.807) is 32.2 Å². The first kappa shape index (κ1) is 17.9. The van der Waals surface area contributed by atoms with Crippen LogP contribution in [-0.4, -0.2) is 26.2 Å². The molecule has 0 aromatic heterocycles. The molecule has 0 aliphatic carbocycles. The highest BCUT2D eigenvalue weighted by atomic mass is 35.5. The van der Waals surface area contributed by atoms with Crippen LogP contribution in [0.5, 0.6) is 11.5 Å². The van der Waals surface area contributed by atoms with Gasteiger partial charge in [0.05, 0.1) is 19.9 Å². The molecule has 1 atom stereocenters.